The van der Waals surface area contributed by atoms with E-state index in [1.807, 2.05) is 0 Å². The Morgan fingerprint density at radius 1 is 1.38 bits per heavy atom. The van der Waals surface area contributed by atoms with Crippen LogP contribution in [0.4, 0.5) is 18.0 Å². The molecule has 0 radical (unpaired) electrons. The fourth-order valence-corrected chi connectivity index (χ4v) is 3.46. The summed E-state index contributed by atoms with van der Waals surface area (Å²) in [5.41, 5.74) is -0.726. The number of amides is 1. The third-order valence-electron chi connectivity index (χ3n) is 3.13. The number of aromatic amines is 1. The Labute approximate surface area is 150 Å². The SMILES string of the molecule is CC(C)(C)OC(=O)N[C@@H](CCS(=N)(=O)CCCC(F)(F)F)c1ncn[nH]1. The number of aromatic nitrogens is 3. The van der Waals surface area contributed by atoms with E-state index < -0.39 is 40.1 Å². The summed E-state index contributed by atoms with van der Waals surface area (Å²) in [6, 6.07) is -0.749. The minimum absolute atomic E-state index is 0.0444. The molecule has 0 aliphatic heterocycles. The van der Waals surface area contributed by atoms with Gasteiger partial charge in [0.25, 0.3) is 0 Å². The predicted octanol–water partition coefficient (Wildman–Crippen LogP) is 3.15. The van der Waals surface area contributed by atoms with Gasteiger partial charge in [0.05, 0.1) is 6.04 Å². The Kier molecular flexibility index (Phi) is 7.42. The summed E-state index contributed by atoms with van der Waals surface area (Å²) in [6.07, 6.45) is -5.25. The second kappa shape index (κ2) is 8.69. The van der Waals surface area contributed by atoms with E-state index >= 15 is 0 Å². The number of rotatable bonds is 8. The van der Waals surface area contributed by atoms with Gasteiger partial charge < -0.3 is 10.1 Å². The van der Waals surface area contributed by atoms with Crippen LogP contribution in [-0.4, -0.2) is 48.8 Å². The molecule has 12 heteroatoms. The van der Waals surface area contributed by atoms with Crippen LogP contribution < -0.4 is 5.32 Å². The van der Waals surface area contributed by atoms with Crippen molar-refractivity contribution in [2.24, 2.45) is 0 Å². The lowest BCUT2D eigenvalue weighted by atomic mass is 10.2. The molecule has 3 N–H and O–H groups in total. The first-order chi connectivity index (χ1) is 11.8. The zero-order valence-electron chi connectivity index (χ0n) is 14.9. The van der Waals surface area contributed by atoms with Crippen LogP contribution in [0.1, 0.15) is 51.9 Å². The van der Waals surface area contributed by atoms with Crippen LogP contribution in [0.25, 0.3) is 0 Å². The van der Waals surface area contributed by atoms with Gasteiger partial charge in [0.2, 0.25) is 0 Å². The predicted molar refractivity (Wildman–Crippen MR) is 89.0 cm³/mol. The van der Waals surface area contributed by atoms with E-state index in [1.165, 1.54) is 6.33 Å². The number of halogens is 3. The highest BCUT2D eigenvalue weighted by molar-refractivity contribution is 7.92. The number of carbonyl (C=O) groups excluding carboxylic acids is 1. The second-order valence-electron chi connectivity index (χ2n) is 6.80. The molecule has 0 saturated heterocycles. The van der Waals surface area contributed by atoms with Crippen molar-refractivity contribution < 1.29 is 26.9 Å². The Balaban J connectivity index is 2.65. The number of alkyl halides is 3. The number of H-pyrrole nitrogens is 1. The largest absolute Gasteiger partial charge is 0.444 e. The van der Waals surface area contributed by atoms with Gasteiger partial charge in [-0.25, -0.2) is 14.0 Å². The number of hydrogen-bond donors (Lipinski definition) is 3. The van der Waals surface area contributed by atoms with Crippen LogP contribution in [0.3, 0.4) is 0 Å². The highest BCUT2D eigenvalue weighted by atomic mass is 32.2. The van der Waals surface area contributed by atoms with Crippen molar-refractivity contribution >= 4 is 15.8 Å². The highest BCUT2D eigenvalue weighted by Crippen LogP contribution is 2.22. The Morgan fingerprint density at radius 3 is 2.54 bits per heavy atom. The molecule has 1 amide bonds. The molecule has 150 valence electrons. The number of hydrogen-bond acceptors (Lipinski definition) is 6. The average molecular weight is 399 g/mol. The van der Waals surface area contributed by atoms with Gasteiger partial charge in [0, 0.05) is 27.7 Å². The minimum Gasteiger partial charge on any atom is -0.444 e. The highest BCUT2D eigenvalue weighted by Gasteiger charge is 2.27. The third-order valence-corrected chi connectivity index (χ3v) is 4.97. The molecule has 1 rings (SSSR count). The van der Waals surface area contributed by atoms with Gasteiger partial charge in [-0.1, -0.05) is 0 Å². The summed E-state index contributed by atoms with van der Waals surface area (Å²) in [5, 5.41) is 8.79. The zero-order chi connectivity index (χ0) is 20.0. The molecular weight excluding hydrogens is 375 g/mol. The maximum atomic E-state index is 12.2. The van der Waals surface area contributed by atoms with Gasteiger partial charge in [-0.2, -0.15) is 18.3 Å². The van der Waals surface area contributed by atoms with E-state index in [0.717, 1.165) is 0 Å². The van der Waals surface area contributed by atoms with Gasteiger partial charge in [0.1, 0.15) is 17.8 Å². The molecule has 1 heterocycles. The standard InChI is InChI=1S/C14H24F3N5O3S/c1-13(2,3)25-12(23)21-10(11-19-9-20-22-11)5-8-26(18,24)7-4-6-14(15,16)17/h9-10,18H,4-8H2,1-3H3,(H,21,23)(H,19,20,22)/t10-,26?/m0/s1. The fourth-order valence-electron chi connectivity index (χ4n) is 2.03. The van der Waals surface area contributed by atoms with E-state index in [-0.39, 0.29) is 30.2 Å². The monoisotopic (exact) mass is 399 g/mol. The average Bonchev–Trinajstić information content (AvgIpc) is 2.93. The zero-order valence-corrected chi connectivity index (χ0v) is 15.7. The van der Waals surface area contributed by atoms with E-state index in [0.29, 0.717) is 0 Å². The number of alkyl carbamates (subject to hydrolysis) is 1. The molecule has 1 aromatic heterocycles. The van der Waals surface area contributed by atoms with Crippen molar-refractivity contribution in [1.29, 1.82) is 4.78 Å². The molecule has 1 aromatic rings. The van der Waals surface area contributed by atoms with Crippen molar-refractivity contribution in [1.82, 2.24) is 20.5 Å². The lowest BCUT2D eigenvalue weighted by Gasteiger charge is -2.23. The molecule has 2 atom stereocenters. The second-order valence-corrected chi connectivity index (χ2v) is 9.24. The summed E-state index contributed by atoms with van der Waals surface area (Å²) in [6.45, 7) is 5.06. The van der Waals surface area contributed by atoms with Gasteiger partial charge in [-0.15, -0.1) is 0 Å². The van der Waals surface area contributed by atoms with Crippen molar-refractivity contribution in [3.63, 3.8) is 0 Å². The number of carbonyl (C=O) groups is 1. The molecule has 0 aliphatic rings. The van der Waals surface area contributed by atoms with Gasteiger partial charge in [-0.3, -0.25) is 9.88 Å². The number of nitrogens with one attached hydrogen (secondary N) is 3. The first-order valence-corrected chi connectivity index (χ1v) is 9.83. The molecule has 0 aliphatic carbocycles. The van der Waals surface area contributed by atoms with Gasteiger partial charge in [0.15, 0.2) is 0 Å². The molecule has 8 nitrogen and oxygen atoms in total. The summed E-state index contributed by atoms with van der Waals surface area (Å²) in [5.74, 6) is -0.268. The third kappa shape index (κ3) is 9.59. The topological polar surface area (TPSA) is 121 Å². The molecular formula is C14H24F3N5O3S. The van der Waals surface area contributed by atoms with Crippen LogP contribution in [0.5, 0.6) is 0 Å². The van der Waals surface area contributed by atoms with Crippen LogP contribution in [0, 0.1) is 4.78 Å². The van der Waals surface area contributed by atoms with E-state index in [4.69, 9.17) is 9.52 Å². The van der Waals surface area contributed by atoms with Crippen molar-refractivity contribution in [2.75, 3.05) is 11.5 Å². The first-order valence-electron chi connectivity index (χ1n) is 7.93. The van der Waals surface area contributed by atoms with Crippen molar-refractivity contribution in [3.05, 3.63) is 12.2 Å². The summed E-state index contributed by atoms with van der Waals surface area (Å²) in [4.78, 5) is 15.9. The molecule has 0 aromatic carbocycles. The molecule has 0 bridgehead atoms. The van der Waals surface area contributed by atoms with Crippen LogP contribution in [0.15, 0.2) is 6.33 Å². The minimum atomic E-state index is -4.34. The van der Waals surface area contributed by atoms with Gasteiger partial charge >= 0.3 is 12.3 Å². The number of ether oxygens (including phenoxy) is 1. The summed E-state index contributed by atoms with van der Waals surface area (Å²) < 4.78 is 61.6. The fraction of sp³-hybridized carbons (Fsp3) is 0.786. The Hall–Kier alpha value is -1.85. The molecule has 0 fully saturated rings. The lowest BCUT2D eigenvalue weighted by Crippen LogP contribution is -2.36. The van der Waals surface area contributed by atoms with Gasteiger partial charge in [-0.05, 0) is 33.6 Å². The Bertz CT molecular complexity index is 669. The first kappa shape index (κ1) is 22.2. The van der Waals surface area contributed by atoms with E-state index in [1.54, 1.807) is 20.8 Å². The smallest absolute Gasteiger partial charge is 0.408 e. The van der Waals surface area contributed by atoms with Crippen LogP contribution in [0.2, 0.25) is 0 Å². The van der Waals surface area contributed by atoms with Crippen LogP contribution >= 0.6 is 0 Å². The maximum absolute atomic E-state index is 12.2. The Morgan fingerprint density at radius 2 is 2.04 bits per heavy atom. The number of nitrogens with zero attached hydrogens (tertiary/aromatic N) is 2. The molecule has 0 saturated carbocycles. The maximum Gasteiger partial charge on any atom is 0.408 e. The molecule has 0 spiro atoms. The summed E-state index contributed by atoms with van der Waals surface area (Å²) >= 11 is 0. The van der Waals surface area contributed by atoms with E-state index in [2.05, 4.69) is 20.5 Å². The van der Waals surface area contributed by atoms with E-state index in [9.17, 15) is 22.2 Å². The molecule has 26 heavy (non-hydrogen) atoms. The van der Waals surface area contributed by atoms with Crippen molar-refractivity contribution in [2.45, 2.75) is 57.9 Å². The van der Waals surface area contributed by atoms with Crippen molar-refractivity contribution in [3.8, 4) is 0 Å². The summed E-state index contributed by atoms with van der Waals surface area (Å²) in [7, 11) is -3.22. The quantitative estimate of drug-likeness (QED) is 0.620. The lowest BCUT2D eigenvalue weighted by molar-refractivity contribution is -0.134. The normalized spacial score (nSPS) is 15.9. The molecule has 1 unspecified atom stereocenters. The van der Waals surface area contributed by atoms with Crippen LogP contribution in [-0.2, 0) is 14.5 Å².